The highest BCUT2D eigenvalue weighted by molar-refractivity contribution is 5.78. The van der Waals surface area contributed by atoms with Gasteiger partial charge in [-0.1, -0.05) is 13.8 Å². The highest BCUT2D eigenvalue weighted by atomic mass is 19.1. The number of pyridine rings is 1. The Morgan fingerprint density at radius 3 is 2.71 bits per heavy atom. The van der Waals surface area contributed by atoms with Gasteiger partial charge in [0.15, 0.2) is 0 Å². The third-order valence-corrected chi connectivity index (χ3v) is 3.56. The van der Waals surface area contributed by atoms with Crippen molar-refractivity contribution in [2.45, 2.75) is 19.9 Å². The average molecular weight is 284 g/mol. The van der Waals surface area contributed by atoms with Crippen LogP contribution in [0, 0.1) is 11.7 Å². The monoisotopic (exact) mass is 284 g/mol. The topological polar surface area (TPSA) is 56.7 Å². The SMILES string of the molecule is CC(C)[C@H](N)c1nc2ccc(F)cc2n1-c1cccnc1. The van der Waals surface area contributed by atoms with E-state index in [1.807, 2.05) is 30.5 Å². The maximum absolute atomic E-state index is 13.6. The van der Waals surface area contributed by atoms with E-state index in [-0.39, 0.29) is 17.8 Å². The molecule has 4 nitrogen and oxygen atoms in total. The number of fused-ring (bicyclic) bond motifs is 1. The number of aromatic nitrogens is 3. The van der Waals surface area contributed by atoms with Crippen LogP contribution < -0.4 is 5.73 Å². The van der Waals surface area contributed by atoms with Crippen molar-refractivity contribution in [2.24, 2.45) is 11.7 Å². The van der Waals surface area contributed by atoms with Crippen molar-refractivity contribution in [3.63, 3.8) is 0 Å². The fourth-order valence-corrected chi connectivity index (χ4v) is 2.35. The fourth-order valence-electron chi connectivity index (χ4n) is 2.35. The van der Waals surface area contributed by atoms with Crippen LogP contribution in [-0.4, -0.2) is 14.5 Å². The minimum absolute atomic E-state index is 0.224. The van der Waals surface area contributed by atoms with E-state index in [0.29, 0.717) is 5.52 Å². The highest BCUT2D eigenvalue weighted by Gasteiger charge is 2.21. The van der Waals surface area contributed by atoms with Gasteiger partial charge >= 0.3 is 0 Å². The molecule has 0 amide bonds. The van der Waals surface area contributed by atoms with Crippen LogP contribution in [0.25, 0.3) is 16.7 Å². The minimum atomic E-state index is -0.294. The molecule has 0 spiro atoms. The first-order valence-corrected chi connectivity index (χ1v) is 6.92. The van der Waals surface area contributed by atoms with E-state index in [1.165, 1.54) is 12.1 Å². The van der Waals surface area contributed by atoms with Crippen LogP contribution in [0.2, 0.25) is 0 Å². The third-order valence-electron chi connectivity index (χ3n) is 3.56. The molecular weight excluding hydrogens is 267 g/mol. The van der Waals surface area contributed by atoms with Gasteiger partial charge in [-0.15, -0.1) is 0 Å². The summed E-state index contributed by atoms with van der Waals surface area (Å²) in [7, 11) is 0. The van der Waals surface area contributed by atoms with Gasteiger partial charge in [-0.25, -0.2) is 9.37 Å². The lowest BCUT2D eigenvalue weighted by atomic mass is 10.0. The molecule has 0 aliphatic rings. The molecule has 0 unspecified atom stereocenters. The zero-order valence-electron chi connectivity index (χ0n) is 12.0. The van der Waals surface area contributed by atoms with Gasteiger partial charge in [0, 0.05) is 12.3 Å². The van der Waals surface area contributed by atoms with Gasteiger partial charge in [0.25, 0.3) is 0 Å². The van der Waals surface area contributed by atoms with E-state index in [0.717, 1.165) is 17.0 Å². The Balaban J connectivity index is 2.32. The summed E-state index contributed by atoms with van der Waals surface area (Å²) in [5.41, 5.74) is 8.54. The van der Waals surface area contributed by atoms with E-state index in [4.69, 9.17) is 5.73 Å². The number of imidazole rings is 1. The number of halogens is 1. The quantitative estimate of drug-likeness (QED) is 0.803. The van der Waals surface area contributed by atoms with Gasteiger partial charge < -0.3 is 5.73 Å². The van der Waals surface area contributed by atoms with Gasteiger partial charge in [-0.3, -0.25) is 9.55 Å². The summed E-state index contributed by atoms with van der Waals surface area (Å²) in [6.45, 7) is 4.08. The van der Waals surface area contributed by atoms with Crippen LogP contribution in [-0.2, 0) is 0 Å². The molecule has 0 aliphatic heterocycles. The number of rotatable bonds is 3. The molecule has 0 aliphatic carbocycles. The first-order chi connectivity index (χ1) is 10.1. The molecule has 0 fully saturated rings. The van der Waals surface area contributed by atoms with Crippen LogP contribution >= 0.6 is 0 Å². The predicted octanol–water partition coefficient (Wildman–Crippen LogP) is 3.22. The number of hydrogen-bond donors (Lipinski definition) is 1. The number of hydrogen-bond acceptors (Lipinski definition) is 3. The number of nitrogens with two attached hydrogens (primary N) is 1. The van der Waals surface area contributed by atoms with Gasteiger partial charge in [-0.05, 0) is 30.2 Å². The lowest BCUT2D eigenvalue weighted by Crippen LogP contribution is -2.21. The Bertz CT molecular complexity index is 765. The standard InChI is InChI=1S/C16H17FN4/c1-10(2)15(18)16-20-13-6-5-11(17)8-14(13)21(16)12-4-3-7-19-9-12/h3-10,15H,18H2,1-2H3/t15-/m0/s1. The van der Waals surface area contributed by atoms with E-state index in [1.54, 1.807) is 18.5 Å². The summed E-state index contributed by atoms with van der Waals surface area (Å²) in [4.78, 5) is 8.73. The van der Waals surface area contributed by atoms with Gasteiger partial charge in [-0.2, -0.15) is 0 Å². The summed E-state index contributed by atoms with van der Waals surface area (Å²) in [5, 5.41) is 0. The molecule has 2 aromatic heterocycles. The Morgan fingerprint density at radius 2 is 2.05 bits per heavy atom. The van der Waals surface area contributed by atoms with Crippen molar-refractivity contribution >= 4 is 11.0 Å². The highest BCUT2D eigenvalue weighted by Crippen LogP contribution is 2.27. The Morgan fingerprint density at radius 1 is 1.24 bits per heavy atom. The van der Waals surface area contributed by atoms with Crippen molar-refractivity contribution in [3.8, 4) is 5.69 Å². The Hall–Kier alpha value is -2.27. The summed E-state index contributed by atoms with van der Waals surface area (Å²) in [6, 6.07) is 8.08. The maximum atomic E-state index is 13.6. The molecule has 0 saturated heterocycles. The van der Waals surface area contributed by atoms with Crippen molar-refractivity contribution in [3.05, 3.63) is 54.4 Å². The second-order valence-corrected chi connectivity index (χ2v) is 5.42. The molecular formula is C16H17FN4. The molecule has 0 radical (unpaired) electrons. The zero-order chi connectivity index (χ0) is 15.0. The van der Waals surface area contributed by atoms with Crippen molar-refractivity contribution in [1.29, 1.82) is 0 Å². The lowest BCUT2D eigenvalue weighted by molar-refractivity contribution is 0.487. The second-order valence-electron chi connectivity index (χ2n) is 5.42. The normalized spacial score (nSPS) is 13.0. The second kappa shape index (κ2) is 5.26. The molecule has 3 rings (SSSR count). The third kappa shape index (κ3) is 2.40. The Kier molecular flexibility index (Phi) is 3.43. The minimum Gasteiger partial charge on any atom is -0.321 e. The summed E-state index contributed by atoms with van der Waals surface area (Å²) in [6.07, 6.45) is 3.42. The van der Waals surface area contributed by atoms with Crippen molar-refractivity contribution in [2.75, 3.05) is 0 Å². The van der Waals surface area contributed by atoms with E-state index >= 15 is 0 Å². The first kappa shape index (κ1) is 13.7. The molecule has 21 heavy (non-hydrogen) atoms. The van der Waals surface area contributed by atoms with Gasteiger partial charge in [0.2, 0.25) is 0 Å². The molecule has 0 saturated carbocycles. The fraction of sp³-hybridized carbons (Fsp3) is 0.250. The summed E-state index contributed by atoms with van der Waals surface area (Å²) >= 11 is 0. The van der Waals surface area contributed by atoms with E-state index in [9.17, 15) is 4.39 Å². The molecule has 108 valence electrons. The van der Waals surface area contributed by atoms with Crippen LogP contribution in [0.15, 0.2) is 42.7 Å². The molecule has 3 aromatic rings. The Labute approximate surface area is 122 Å². The maximum Gasteiger partial charge on any atom is 0.131 e. The smallest absolute Gasteiger partial charge is 0.131 e. The van der Waals surface area contributed by atoms with Crippen molar-refractivity contribution < 1.29 is 4.39 Å². The first-order valence-electron chi connectivity index (χ1n) is 6.92. The number of benzene rings is 1. The van der Waals surface area contributed by atoms with Crippen molar-refractivity contribution in [1.82, 2.24) is 14.5 Å². The van der Waals surface area contributed by atoms with Gasteiger partial charge in [0.1, 0.15) is 11.6 Å². The molecule has 2 N–H and O–H groups in total. The molecule has 1 atom stereocenters. The molecule has 2 heterocycles. The molecule has 1 aromatic carbocycles. The lowest BCUT2D eigenvalue weighted by Gasteiger charge is -2.17. The van der Waals surface area contributed by atoms with Crippen LogP contribution in [0.3, 0.4) is 0 Å². The predicted molar refractivity (Wildman–Crippen MR) is 80.6 cm³/mol. The largest absolute Gasteiger partial charge is 0.321 e. The molecule has 5 heteroatoms. The molecule has 0 bridgehead atoms. The summed E-state index contributed by atoms with van der Waals surface area (Å²) < 4.78 is 15.5. The van der Waals surface area contributed by atoms with Crippen LogP contribution in [0.4, 0.5) is 4.39 Å². The average Bonchev–Trinajstić information content (AvgIpc) is 2.85. The number of nitrogens with zero attached hydrogens (tertiary/aromatic N) is 3. The van der Waals surface area contributed by atoms with Gasteiger partial charge in [0.05, 0.1) is 29.0 Å². The summed E-state index contributed by atoms with van der Waals surface area (Å²) in [5.74, 6) is 0.651. The zero-order valence-corrected chi connectivity index (χ0v) is 12.0. The van der Waals surface area contributed by atoms with E-state index < -0.39 is 0 Å². The van der Waals surface area contributed by atoms with Crippen LogP contribution in [0.5, 0.6) is 0 Å². The van der Waals surface area contributed by atoms with Crippen LogP contribution in [0.1, 0.15) is 25.7 Å². The van der Waals surface area contributed by atoms with E-state index in [2.05, 4.69) is 9.97 Å².